The molecule has 0 bridgehead atoms. The van der Waals surface area contributed by atoms with Crippen LogP contribution < -0.4 is 5.32 Å². The van der Waals surface area contributed by atoms with Gasteiger partial charge in [0, 0.05) is 40.9 Å². The second-order valence-corrected chi connectivity index (χ2v) is 6.99. The molecule has 3 aromatic rings. The molecule has 0 aliphatic rings. The first-order valence-electron chi connectivity index (χ1n) is 9.41. The van der Waals surface area contributed by atoms with Crippen LogP contribution in [0, 0.1) is 0 Å². The second kappa shape index (κ2) is 8.92. The lowest BCUT2D eigenvalue weighted by Gasteiger charge is -2.17. The molecule has 0 spiro atoms. The highest BCUT2D eigenvalue weighted by molar-refractivity contribution is 6.44. The summed E-state index contributed by atoms with van der Waals surface area (Å²) in [5.74, 6) is -1.35. The van der Waals surface area contributed by atoms with Gasteiger partial charge in [0.25, 0.3) is 11.7 Å². The molecular weight excluding hydrogens is 390 g/mol. The maximum atomic E-state index is 12.8. The van der Waals surface area contributed by atoms with E-state index in [-0.39, 0.29) is 12.5 Å². The average Bonchev–Trinajstić information content (AvgIpc) is 3.08. The maximum absolute atomic E-state index is 12.8. The van der Waals surface area contributed by atoms with Crippen LogP contribution in [0.4, 0.5) is 5.69 Å². The lowest BCUT2D eigenvalue weighted by molar-refractivity contribution is -0.126. The van der Waals surface area contributed by atoms with Crippen molar-refractivity contribution in [1.29, 1.82) is 0 Å². The molecular formula is C22H22ClN3O3. The number of ketones is 1. The summed E-state index contributed by atoms with van der Waals surface area (Å²) in [6.45, 7) is 4.60. The van der Waals surface area contributed by atoms with Gasteiger partial charge in [0.05, 0.1) is 5.56 Å². The quantitative estimate of drug-likeness (QED) is 0.472. The lowest BCUT2D eigenvalue weighted by Crippen LogP contribution is -2.36. The molecule has 0 aliphatic heterocycles. The van der Waals surface area contributed by atoms with Crippen LogP contribution in [0.25, 0.3) is 10.9 Å². The number of hydrogen-bond acceptors (Lipinski definition) is 3. The number of carbonyl (C=O) groups excluding carboxylic acids is 3. The summed E-state index contributed by atoms with van der Waals surface area (Å²) < 4.78 is 1.68. The fourth-order valence-electron chi connectivity index (χ4n) is 3.22. The van der Waals surface area contributed by atoms with Crippen molar-refractivity contribution in [2.24, 2.45) is 0 Å². The van der Waals surface area contributed by atoms with E-state index in [4.69, 9.17) is 11.6 Å². The van der Waals surface area contributed by atoms with E-state index in [1.165, 1.54) is 4.90 Å². The minimum absolute atomic E-state index is 0.00980. The van der Waals surface area contributed by atoms with E-state index in [1.54, 1.807) is 47.2 Å². The molecule has 0 fully saturated rings. The molecule has 0 aliphatic carbocycles. The van der Waals surface area contributed by atoms with Crippen molar-refractivity contribution in [3.63, 3.8) is 0 Å². The van der Waals surface area contributed by atoms with Gasteiger partial charge in [-0.1, -0.05) is 29.8 Å². The largest absolute Gasteiger partial charge is 0.337 e. The molecule has 1 N–H and O–H groups in total. The Morgan fingerprint density at radius 1 is 1.00 bits per heavy atom. The Bertz CT molecular complexity index is 1050. The molecule has 7 heteroatoms. The van der Waals surface area contributed by atoms with Gasteiger partial charge in [0.2, 0.25) is 5.91 Å². The number of amides is 2. The Hall–Kier alpha value is -3.12. The Labute approximate surface area is 174 Å². The van der Waals surface area contributed by atoms with Crippen molar-refractivity contribution < 1.29 is 14.4 Å². The van der Waals surface area contributed by atoms with Gasteiger partial charge in [-0.2, -0.15) is 0 Å². The minimum Gasteiger partial charge on any atom is -0.337 e. The number of aromatic nitrogens is 1. The number of anilines is 1. The molecule has 0 atom stereocenters. The van der Waals surface area contributed by atoms with Crippen LogP contribution in [-0.4, -0.2) is 40.2 Å². The van der Waals surface area contributed by atoms with Gasteiger partial charge in [0.1, 0.15) is 6.54 Å². The van der Waals surface area contributed by atoms with E-state index in [9.17, 15) is 14.4 Å². The summed E-state index contributed by atoms with van der Waals surface area (Å²) in [5.41, 5.74) is 1.65. The van der Waals surface area contributed by atoms with Crippen LogP contribution in [0.5, 0.6) is 0 Å². The lowest BCUT2D eigenvalue weighted by atomic mass is 10.1. The van der Waals surface area contributed by atoms with Gasteiger partial charge in [-0.3, -0.25) is 14.4 Å². The number of nitrogens with zero attached hydrogens (tertiary/aromatic N) is 2. The number of hydrogen-bond donors (Lipinski definition) is 1. The predicted molar refractivity (Wildman–Crippen MR) is 114 cm³/mol. The van der Waals surface area contributed by atoms with E-state index in [2.05, 4.69) is 5.32 Å². The number of likely N-dealkylation sites (N-methyl/N-ethyl adjacent to an activating group) is 1. The van der Waals surface area contributed by atoms with Crippen molar-refractivity contribution in [3.05, 3.63) is 65.3 Å². The molecule has 0 saturated carbocycles. The Morgan fingerprint density at radius 3 is 2.31 bits per heavy atom. The number of carbonyl (C=O) groups is 3. The monoisotopic (exact) mass is 411 g/mol. The fraction of sp³-hybridized carbons (Fsp3) is 0.227. The molecule has 6 nitrogen and oxygen atoms in total. The van der Waals surface area contributed by atoms with E-state index in [0.29, 0.717) is 34.7 Å². The van der Waals surface area contributed by atoms with Crippen molar-refractivity contribution in [3.8, 4) is 0 Å². The molecule has 3 rings (SSSR count). The Kier molecular flexibility index (Phi) is 6.34. The van der Waals surface area contributed by atoms with Gasteiger partial charge in [-0.05, 0) is 44.2 Å². The number of halogens is 1. The molecule has 1 aromatic heterocycles. The van der Waals surface area contributed by atoms with Crippen LogP contribution in [0.3, 0.4) is 0 Å². The molecule has 2 amide bonds. The molecule has 2 aromatic carbocycles. The molecule has 0 unspecified atom stereocenters. The first kappa shape index (κ1) is 20.6. The number of fused-ring (bicyclic) bond motifs is 1. The summed E-state index contributed by atoms with van der Waals surface area (Å²) >= 11 is 5.86. The average molecular weight is 412 g/mol. The molecule has 1 heterocycles. The van der Waals surface area contributed by atoms with Crippen LogP contribution in [0.1, 0.15) is 24.2 Å². The van der Waals surface area contributed by atoms with Crippen molar-refractivity contribution >= 4 is 45.8 Å². The molecule has 0 radical (unpaired) electrons. The van der Waals surface area contributed by atoms with Crippen molar-refractivity contribution in [2.45, 2.75) is 20.4 Å². The SMILES string of the molecule is CCN(CC)C(=O)C(=O)c1cn(CC(=O)Nc2ccc(Cl)cc2)c2ccccc12. The van der Waals surface area contributed by atoms with Crippen molar-refractivity contribution in [1.82, 2.24) is 9.47 Å². The summed E-state index contributed by atoms with van der Waals surface area (Å²) in [5, 5.41) is 4.04. The second-order valence-electron chi connectivity index (χ2n) is 6.55. The molecule has 0 saturated heterocycles. The Morgan fingerprint density at radius 2 is 1.66 bits per heavy atom. The number of Topliss-reactive ketones (excluding diaryl/α,β-unsaturated/α-hetero) is 1. The zero-order chi connectivity index (χ0) is 21.0. The Balaban J connectivity index is 1.87. The highest BCUT2D eigenvalue weighted by Gasteiger charge is 2.25. The first-order chi connectivity index (χ1) is 13.9. The minimum atomic E-state index is -0.568. The zero-order valence-corrected chi connectivity index (χ0v) is 17.1. The molecule has 29 heavy (non-hydrogen) atoms. The fourth-order valence-corrected chi connectivity index (χ4v) is 3.34. The summed E-state index contributed by atoms with van der Waals surface area (Å²) in [4.78, 5) is 39.3. The summed E-state index contributed by atoms with van der Waals surface area (Å²) in [6, 6.07) is 14.1. The van der Waals surface area contributed by atoms with Crippen molar-refractivity contribution in [2.75, 3.05) is 18.4 Å². The van der Waals surface area contributed by atoms with Crippen LogP contribution in [0.15, 0.2) is 54.7 Å². The van der Waals surface area contributed by atoms with E-state index in [0.717, 1.165) is 5.52 Å². The van der Waals surface area contributed by atoms with Crippen LogP contribution in [0.2, 0.25) is 5.02 Å². The van der Waals surface area contributed by atoms with Gasteiger partial charge in [0.15, 0.2) is 0 Å². The van der Waals surface area contributed by atoms with E-state index in [1.807, 2.05) is 26.0 Å². The third-order valence-electron chi connectivity index (χ3n) is 4.72. The summed E-state index contributed by atoms with van der Waals surface area (Å²) in [6.07, 6.45) is 1.58. The zero-order valence-electron chi connectivity index (χ0n) is 16.3. The third-order valence-corrected chi connectivity index (χ3v) is 4.97. The smallest absolute Gasteiger partial charge is 0.295 e. The van der Waals surface area contributed by atoms with Crippen LogP contribution in [-0.2, 0) is 16.1 Å². The molecule has 150 valence electrons. The topological polar surface area (TPSA) is 71.4 Å². The van der Waals surface area contributed by atoms with Crippen LogP contribution >= 0.6 is 11.6 Å². The number of benzene rings is 2. The number of para-hydroxylation sites is 1. The third kappa shape index (κ3) is 4.49. The standard InChI is InChI=1S/C22H22ClN3O3/c1-3-25(4-2)22(29)21(28)18-13-26(19-8-6-5-7-17(18)19)14-20(27)24-16-11-9-15(23)10-12-16/h5-13H,3-4,14H2,1-2H3,(H,24,27). The highest BCUT2D eigenvalue weighted by atomic mass is 35.5. The van der Waals surface area contributed by atoms with Gasteiger partial charge >= 0.3 is 0 Å². The van der Waals surface area contributed by atoms with Gasteiger partial charge in [-0.15, -0.1) is 0 Å². The normalized spacial score (nSPS) is 10.7. The van der Waals surface area contributed by atoms with E-state index >= 15 is 0 Å². The van der Waals surface area contributed by atoms with Gasteiger partial charge < -0.3 is 14.8 Å². The first-order valence-corrected chi connectivity index (χ1v) is 9.79. The maximum Gasteiger partial charge on any atom is 0.295 e. The highest BCUT2D eigenvalue weighted by Crippen LogP contribution is 2.23. The van der Waals surface area contributed by atoms with Gasteiger partial charge in [-0.25, -0.2) is 0 Å². The predicted octanol–water partition coefficient (Wildman–Crippen LogP) is 3.98. The summed E-state index contributed by atoms with van der Waals surface area (Å²) in [7, 11) is 0. The van der Waals surface area contributed by atoms with E-state index < -0.39 is 11.7 Å². The number of rotatable bonds is 7. The number of nitrogens with one attached hydrogen (secondary N) is 1.